The molecular weight excluding hydrogens is 198 g/mol. The molecule has 0 saturated carbocycles. The van der Waals surface area contributed by atoms with Crippen molar-refractivity contribution in [3.05, 3.63) is 0 Å². The summed E-state index contributed by atoms with van der Waals surface area (Å²) < 4.78 is 34.3. The average Bonchev–Trinajstić information content (AvgIpc) is 1.98. The Morgan fingerprint density at radius 3 is 2.54 bits per heavy atom. The predicted octanol–water partition coefficient (Wildman–Crippen LogP) is 1.85. The Balaban J connectivity index is 3.45. The van der Waals surface area contributed by atoms with E-state index in [0.717, 1.165) is 0 Å². The van der Waals surface area contributed by atoms with Gasteiger partial charge in [-0.1, -0.05) is 0 Å². The van der Waals surface area contributed by atoms with Crippen molar-refractivity contribution in [2.75, 3.05) is 13.2 Å². The molecule has 0 N–H and O–H groups in total. The van der Waals surface area contributed by atoms with Crippen LogP contribution < -0.4 is 0 Å². The number of ether oxygens (including phenoxy) is 1. The molecule has 0 unspecified atom stereocenters. The minimum absolute atomic E-state index is 0.0345. The van der Waals surface area contributed by atoms with Crippen LogP contribution in [0.3, 0.4) is 0 Å². The lowest BCUT2D eigenvalue weighted by atomic mass is 10.5. The zero-order valence-electron chi connectivity index (χ0n) is 7.81. The number of carbonyl (C=O) groups is 1. The summed E-state index contributed by atoms with van der Waals surface area (Å²) in [5.74, 6) is -0.443. The van der Waals surface area contributed by atoms with Crippen molar-refractivity contribution < 1.29 is 22.2 Å². The normalized spacial score (nSPS) is 11.4. The first-order valence-electron chi connectivity index (χ1n) is 4.13. The largest absolute Gasteiger partial charge is 0.577 e. The summed E-state index contributed by atoms with van der Waals surface area (Å²) in [6.45, 7) is 2.86. The van der Waals surface area contributed by atoms with E-state index in [4.69, 9.17) is 0 Å². The molecule has 0 aliphatic carbocycles. The van der Waals surface area contributed by atoms with Crippen LogP contribution in [0, 0.1) is 0 Å². The van der Waals surface area contributed by atoms with E-state index in [9.17, 15) is 13.0 Å². The van der Waals surface area contributed by atoms with Gasteiger partial charge in [-0.05, 0) is 13.3 Å². The van der Waals surface area contributed by atoms with Gasteiger partial charge in [0.1, 0.15) is 0 Å². The van der Waals surface area contributed by atoms with Crippen molar-refractivity contribution in [1.29, 1.82) is 0 Å². The van der Waals surface area contributed by atoms with Crippen LogP contribution in [-0.4, -0.2) is 28.2 Å². The highest BCUT2D eigenvalue weighted by Crippen LogP contribution is 2.16. The molecule has 0 bridgehead atoms. The fraction of sp³-hybridized carbons (Fsp3) is 0.857. The lowest BCUT2D eigenvalue weighted by molar-refractivity contribution is -0.140. The first kappa shape index (κ1) is 12.5. The predicted molar refractivity (Wildman–Crippen MR) is 45.7 cm³/mol. The summed E-state index contributed by atoms with van der Waals surface area (Å²) in [7, 11) is -4.47. The third kappa shape index (κ3) is 7.85. The summed E-state index contributed by atoms with van der Waals surface area (Å²) in [6.07, 6.45) is 0.165. The minimum atomic E-state index is -4.47. The number of hydrogen-bond acceptors (Lipinski definition) is 3. The van der Waals surface area contributed by atoms with Crippen LogP contribution in [0.4, 0.5) is 8.22 Å². The van der Waals surface area contributed by atoms with Crippen LogP contribution in [0.15, 0.2) is 0 Å². The van der Waals surface area contributed by atoms with Gasteiger partial charge in [-0.25, -0.2) is 8.22 Å². The Kier molecular flexibility index (Phi) is 5.81. The van der Waals surface area contributed by atoms with E-state index in [0.29, 0.717) is 0 Å². The van der Waals surface area contributed by atoms with E-state index in [1.165, 1.54) is 13.8 Å². The number of carbonyl (C=O) groups excluding carboxylic acids is 1. The third-order valence-electron chi connectivity index (χ3n) is 1.27. The molecule has 0 radical (unpaired) electrons. The quantitative estimate of drug-likeness (QED) is 0.292. The fourth-order valence-corrected chi connectivity index (χ4v) is 1.90. The lowest BCUT2D eigenvalue weighted by Crippen LogP contribution is -2.27. The summed E-state index contributed by atoms with van der Waals surface area (Å²) >= 11 is 0. The molecule has 0 amide bonds. The Morgan fingerprint density at radius 2 is 2.08 bits per heavy atom. The molecule has 0 aromatic rings. The van der Waals surface area contributed by atoms with E-state index in [2.05, 4.69) is 9.16 Å². The van der Waals surface area contributed by atoms with Gasteiger partial charge in [-0.15, -0.1) is 0 Å². The highest BCUT2D eigenvalue weighted by Gasteiger charge is 2.36. The molecule has 0 rings (SSSR count). The van der Waals surface area contributed by atoms with E-state index >= 15 is 0 Å². The molecule has 6 heteroatoms. The smallest absolute Gasteiger partial charge is 0.466 e. The SMILES string of the molecule is CCO[Si](F)(F)CCCOC(C)=O. The number of esters is 1. The van der Waals surface area contributed by atoms with Gasteiger partial charge < -0.3 is 9.16 Å². The molecule has 0 aliphatic heterocycles. The van der Waals surface area contributed by atoms with E-state index in [-0.39, 0.29) is 25.7 Å². The summed E-state index contributed by atoms with van der Waals surface area (Å²) in [4.78, 5) is 10.3. The van der Waals surface area contributed by atoms with E-state index in [1.54, 1.807) is 0 Å². The second-order valence-electron chi connectivity index (χ2n) is 2.51. The molecular formula is C7H14F2O3Si. The van der Waals surface area contributed by atoms with Crippen LogP contribution in [0.25, 0.3) is 0 Å². The number of rotatable bonds is 6. The van der Waals surface area contributed by atoms with Crippen LogP contribution >= 0.6 is 0 Å². The highest BCUT2D eigenvalue weighted by atomic mass is 28.4. The Labute approximate surface area is 77.5 Å². The van der Waals surface area contributed by atoms with Crippen LogP contribution in [0.5, 0.6) is 0 Å². The van der Waals surface area contributed by atoms with Crippen molar-refractivity contribution in [2.24, 2.45) is 0 Å². The Hall–Kier alpha value is -0.493. The van der Waals surface area contributed by atoms with E-state index in [1.807, 2.05) is 0 Å². The maximum absolute atomic E-state index is 12.7. The maximum Gasteiger partial charge on any atom is 0.577 e. The summed E-state index contributed by atoms with van der Waals surface area (Å²) in [5, 5.41) is 0. The van der Waals surface area contributed by atoms with Gasteiger partial charge in [0.25, 0.3) is 0 Å². The van der Waals surface area contributed by atoms with Crippen LogP contribution in [-0.2, 0) is 14.0 Å². The maximum atomic E-state index is 12.7. The summed E-state index contributed by atoms with van der Waals surface area (Å²) in [6, 6.07) is -0.284. The average molecular weight is 212 g/mol. The topological polar surface area (TPSA) is 35.5 Å². The minimum Gasteiger partial charge on any atom is -0.466 e. The Morgan fingerprint density at radius 1 is 1.46 bits per heavy atom. The van der Waals surface area contributed by atoms with Crippen molar-refractivity contribution in [1.82, 2.24) is 0 Å². The summed E-state index contributed by atoms with van der Waals surface area (Å²) in [5.41, 5.74) is 0. The van der Waals surface area contributed by atoms with Crippen molar-refractivity contribution in [3.8, 4) is 0 Å². The van der Waals surface area contributed by atoms with Gasteiger partial charge in [-0.3, -0.25) is 4.79 Å². The van der Waals surface area contributed by atoms with Gasteiger partial charge in [0.2, 0.25) is 0 Å². The molecule has 0 atom stereocenters. The zero-order valence-corrected chi connectivity index (χ0v) is 8.81. The molecule has 3 nitrogen and oxygen atoms in total. The monoisotopic (exact) mass is 212 g/mol. The number of halogens is 2. The molecule has 0 aliphatic rings. The molecule has 0 aromatic heterocycles. The zero-order chi connectivity index (χ0) is 10.3. The van der Waals surface area contributed by atoms with Crippen molar-refractivity contribution in [3.63, 3.8) is 0 Å². The van der Waals surface area contributed by atoms with Crippen LogP contribution in [0.1, 0.15) is 20.3 Å². The highest BCUT2D eigenvalue weighted by molar-refractivity contribution is 6.59. The number of hydrogen-bond donors (Lipinski definition) is 0. The van der Waals surface area contributed by atoms with Crippen molar-refractivity contribution >= 4 is 15.0 Å². The molecule has 78 valence electrons. The van der Waals surface area contributed by atoms with Gasteiger partial charge in [0.15, 0.2) is 0 Å². The van der Waals surface area contributed by atoms with Gasteiger partial charge in [0.05, 0.1) is 6.61 Å². The fourth-order valence-electron chi connectivity index (χ4n) is 0.777. The van der Waals surface area contributed by atoms with Gasteiger partial charge in [0, 0.05) is 19.6 Å². The Bertz CT molecular complexity index is 164. The van der Waals surface area contributed by atoms with Crippen LogP contribution in [0.2, 0.25) is 6.04 Å². The van der Waals surface area contributed by atoms with Crippen molar-refractivity contribution in [2.45, 2.75) is 26.3 Å². The molecule has 0 aromatic carbocycles. The molecule has 0 heterocycles. The van der Waals surface area contributed by atoms with Gasteiger partial charge in [-0.2, -0.15) is 0 Å². The molecule has 0 fully saturated rings. The standard InChI is InChI=1S/C7H14F2O3Si/c1-3-12-13(8,9)6-4-5-11-7(2)10/h3-6H2,1-2H3. The molecule has 13 heavy (non-hydrogen) atoms. The van der Waals surface area contributed by atoms with E-state index < -0.39 is 15.0 Å². The molecule has 0 spiro atoms. The lowest BCUT2D eigenvalue weighted by Gasteiger charge is -2.11. The second kappa shape index (κ2) is 6.04. The second-order valence-corrected chi connectivity index (χ2v) is 4.58. The van der Waals surface area contributed by atoms with Gasteiger partial charge >= 0.3 is 15.0 Å². The first-order valence-corrected chi connectivity index (χ1v) is 6.00. The molecule has 0 saturated heterocycles. The third-order valence-corrected chi connectivity index (χ3v) is 2.92. The first-order chi connectivity index (χ1) is 5.98.